The number of hydrogen-bond donors (Lipinski definition) is 2. The standard InChI is InChI=1S/C11H17NS/c1-4-9-7-5-6-8(2)10(9)11(13)12-3/h5-7,11-13H,4H2,1-3H3. The molecule has 0 aliphatic rings. The zero-order valence-electron chi connectivity index (χ0n) is 8.46. The molecular weight excluding hydrogens is 178 g/mol. The van der Waals surface area contributed by atoms with Gasteiger partial charge in [0.15, 0.2) is 0 Å². The zero-order chi connectivity index (χ0) is 9.84. The summed E-state index contributed by atoms with van der Waals surface area (Å²) >= 11 is 4.50. The maximum absolute atomic E-state index is 4.50. The fourth-order valence-corrected chi connectivity index (χ4v) is 1.95. The zero-order valence-corrected chi connectivity index (χ0v) is 9.36. The number of nitrogens with one attached hydrogen (secondary N) is 1. The summed E-state index contributed by atoms with van der Waals surface area (Å²) in [7, 11) is 1.93. The normalized spacial score (nSPS) is 12.9. The predicted molar refractivity (Wildman–Crippen MR) is 61.3 cm³/mol. The molecule has 1 aromatic carbocycles. The van der Waals surface area contributed by atoms with Crippen LogP contribution in [0.3, 0.4) is 0 Å². The Morgan fingerprint density at radius 2 is 2.15 bits per heavy atom. The maximum Gasteiger partial charge on any atom is 0.0762 e. The molecule has 1 unspecified atom stereocenters. The van der Waals surface area contributed by atoms with Crippen molar-refractivity contribution in [2.45, 2.75) is 25.6 Å². The molecule has 0 amide bonds. The van der Waals surface area contributed by atoms with E-state index in [1.807, 2.05) is 7.05 Å². The summed E-state index contributed by atoms with van der Waals surface area (Å²) in [4.78, 5) is 0. The van der Waals surface area contributed by atoms with E-state index in [1.165, 1.54) is 16.7 Å². The van der Waals surface area contributed by atoms with Crippen LogP contribution in [0, 0.1) is 6.92 Å². The van der Waals surface area contributed by atoms with Gasteiger partial charge in [0.05, 0.1) is 5.37 Å². The van der Waals surface area contributed by atoms with Gasteiger partial charge in [-0.2, -0.15) is 12.6 Å². The van der Waals surface area contributed by atoms with Gasteiger partial charge in [-0.1, -0.05) is 25.1 Å². The van der Waals surface area contributed by atoms with Crippen molar-refractivity contribution in [1.82, 2.24) is 5.32 Å². The number of thiol groups is 1. The largest absolute Gasteiger partial charge is 0.305 e. The van der Waals surface area contributed by atoms with Gasteiger partial charge < -0.3 is 5.32 Å². The highest BCUT2D eigenvalue weighted by Gasteiger charge is 2.10. The monoisotopic (exact) mass is 195 g/mol. The smallest absolute Gasteiger partial charge is 0.0762 e. The van der Waals surface area contributed by atoms with Crippen molar-refractivity contribution in [3.05, 3.63) is 34.9 Å². The summed E-state index contributed by atoms with van der Waals surface area (Å²) in [5.41, 5.74) is 4.03. The summed E-state index contributed by atoms with van der Waals surface area (Å²) in [5.74, 6) is 0. The molecule has 1 rings (SSSR count). The van der Waals surface area contributed by atoms with Crippen molar-refractivity contribution in [2.75, 3.05) is 7.05 Å². The van der Waals surface area contributed by atoms with Gasteiger partial charge in [0, 0.05) is 0 Å². The van der Waals surface area contributed by atoms with Crippen LogP contribution in [0.1, 0.15) is 29.0 Å². The third kappa shape index (κ3) is 2.26. The molecule has 1 atom stereocenters. The van der Waals surface area contributed by atoms with E-state index in [4.69, 9.17) is 0 Å². The molecule has 0 saturated carbocycles. The summed E-state index contributed by atoms with van der Waals surface area (Å²) in [6.45, 7) is 4.31. The van der Waals surface area contributed by atoms with Crippen LogP contribution in [0.25, 0.3) is 0 Å². The molecule has 1 N–H and O–H groups in total. The summed E-state index contributed by atoms with van der Waals surface area (Å²) in [6, 6.07) is 6.41. The van der Waals surface area contributed by atoms with E-state index >= 15 is 0 Å². The Hall–Kier alpha value is -0.470. The van der Waals surface area contributed by atoms with Crippen molar-refractivity contribution >= 4 is 12.6 Å². The van der Waals surface area contributed by atoms with E-state index in [9.17, 15) is 0 Å². The molecule has 0 bridgehead atoms. The lowest BCUT2D eigenvalue weighted by Crippen LogP contribution is -2.13. The number of hydrogen-bond acceptors (Lipinski definition) is 2. The van der Waals surface area contributed by atoms with E-state index in [-0.39, 0.29) is 5.37 Å². The molecule has 1 nitrogen and oxygen atoms in total. The van der Waals surface area contributed by atoms with Gasteiger partial charge in [-0.25, -0.2) is 0 Å². The Bertz CT molecular complexity index is 283. The van der Waals surface area contributed by atoms with Gasteiger partial charge in [0.2, 0.25) is 0 Å². The minimum Gasteiger partial charge on any atom is -0.305 e. The Morgan fingerprint density at radius 3 is 2.69 bits per heavy atom. The molecule has 0 aliphatic heterocycles. The summed E-state index contributed by atoms with van der Waals surface area (Å²) in [6.07, 6.45) is 1.07. The Balaban J connectivity index is 3.14. The fourth-order valence-electron chi connectivity index (χ4n) is 1.59. The molecule has 0 saturated heterocycles. The first-order chi connectivity index (χ1) is 6.20. The van der Waals surface area contributed by atoms with E-state index in [0.29, 0.717) is 0 Å². The number of aryl methyl sites for hydroxylation is 2. The van der Waals surface area contributed by atoms with Crippen molar-refractivity contribution in [3.8, 4) is 0 Å². The molecule has 0 aromatic heterocycles. The first-order valence-electron chi connectivity index (χ1n) is 4.64. The Labute approximate surface area is 86.0 Å². The lowest BCUT2D eigenvalue weighted by atomic mass is 10.00. The van der Waals surface area contributed by atoms with Crippen LogP contribution in [0.4, 0.5) is 0 Å². The van der Waals surface area contributed by atoms with Gasteiger partial charge in [-0.15, -0.1) is 0 Å². The molecule has 13 heavy (non-hydrogen) atoms. The average molecular weight is 195 g/mol. The van der Waals surface area contributed by atoms with Crippen molar-refractivity contribution in [2.24, 2.45) is 0 Å². The molecule has 0 radical (unpaired) electrons. The van der Waals surface area contributed by atoms with E-state index in [0.717, 1.165) is 6.42 Å². The van der Waals surface area contributed by atoms with Gasteiger partial charge in [-0.05, 0) is 37.1 Å². The third-order valence-corrected chi connectivity index (χ3v) is 2.86. The molecule has 1 aromatic rings. The second-order valence-corrected chi connectivity index (χ2v) is 3.71. The van der Waals surface area contributed by atoms with Gasteiger partial charge in [0.25, 0.3) is 0 Å². The SMILES string of the molecule is CCc1cccc(C)c1C(S)NC. The van der Waals surface area contributed by atoms with Gasteiger partial charge in [0.1, 0.15) is 0 Å². The summed E-state index contributed by atoms with van der Waals surface area (Å²) in [5, 5.41) is 3.31. The van der Waals surface area contributed by atoms with Crippen LogP contribution in [-0.4, -0.2) is 7.05 Å². The van der Waals surface area contributed by atoms with Crippen LogP contribution >= 0.6 is 12.6 Å². The first-order valence-corrected chi connectivity index (χ1v) is 5.16. The van der Waals surface area contributed by atoms with E-state index in [2.05, 4.69) is 50.0 Å². The van der Waals surface area contributed by atoms with E-state index in [1.54, 1.807) is 0 Å². The fraction of sp³-hybridized carbons (Fsp3) is 0.455. The van der Waals surface area contributed by atoms with Crippen LogP contribution in [-0.2, 0) is 6.42 Å². The minimum atomic E-state index is 0.149. The first kappa shape index (κ1) is 10.6. The van der Waals surface area contributed by atoms with E-state index < -0.39 is 0 Å². The van der Waals surface area contributed by atoms with Crippen molar-refractivity contribution < 1.29 is 0 Å². The van der Waals surface area contributed by atoms with Crippen molar-refractivity contribution in [3.63, 3.8) is 0 Å². The molecular formula is C11H17NS. The van der Waals surface area contributed by atoms with Crippen LogP contribution in [0.15, 0.2) is 18.2 Å². The minimum absolute atomic E-state index is 0.149. The lowest BCUT2D eigenvalue weighted by molar-refractivity contribution is 0.783. The molecule has 72 valence electrons. The average Bonchev–Trinajstić information content (AvgIpc) is 2.16. The highest BCUT2D eigenvalue weighted by atomic mass is 32.1. The van der Waals surface area contributed by atoms with Crippen LogP contribution < -0.4 is 5.32 Å². The molecule has 0 spiro atoms. The Kier molecular flexibility index (Phi) is 3.82. The predicted octanol–water partition coefficient (Wildman–Crippen LogP) is 2.71. The second-order valence-electron chi connectivity index (χ2n) is 3.19. The highest BCUT2D eigenvalue weighted by molar-refractivity contribution is 7.80. The van der Waals surface area contributed by atoms with Crippen LogP contribution in [0.2, 0.25) is 0 Å². The van der Waals surface area contributed by atoms with Gasteiger partial charge >= 0.3 is 0 Å². The highest BCUT2D eigenvalue weighted by Crippen LogP contribution is 2.24. The van der Waals surface area contributed by atoms with Crippen molar-refractivity contribution in [1.29, 1.82) is 0 Å². The molecule has 0 fully saturated rings. The summed E-state index contributed by atoms with van der Waals surface area (Å²) < 4.78 is 0. The number of benzene rings is 1. The Morgan fingerprint density at radius 1 is 1.46 bits per heavy atom. The van der Waals surface area contributed by atoms with Gasteiger partial charge in [-0.3, -0.25) is 0 Å². The number of rotatable bonds is 3. The second kappa shape index (κ2) is 4.68. The van der Waals surface area contributed by atoms with Crippen LogP contribution in [0.5, 0.6) is 0 Å². The molecule has 2 heteroatoms. The quantitative estimate of drug-likeness (QED) is 0.558. The topological polar surface area (TPSA) is 12.0 Å². The molecule has 0 aliphatic carbocycles. The maximum atomic E-state index is 4.50. The third-order valence-electron chi connectivity index (χ3n) is 2.34. The lowest BCUT2D eigenvalue weighted by Gasteiger charge is -2.16. The molecule has 0 heterocycles.